The van der Waals surface area contributed by atoms with Crippen molar-refractivity contribution < 1.29 is 0 Å². The Morgan fingerprint density at radius 2 is 1.75 bits per heavy atom. The first-order valence-corrected chi connectivity index (χ1v) is 6.99. The first-order valence-electron chi connectivity index (χ1n) is 6.99. The van der Waals surface area contributed by atoms with Crippen molar-refractivity contribution in [2.45, 2.75) is 71.0 Å². The second-order valence-corrected chi connectivity index (χ2v) is 5.59. The van der Waals surface area contributed by atoms with Gasteiger partial charge in [-0.1, -0.05) is 20.3 Å². The van der Waals surface area contributed by atoms with Crippen LogP contribution in [0.15, 0.2) is 0 Å². The van der Waals surface area contributed by atoms with Gasteiger partial charge in [0, 0.05) is 18.1 Å². The van der Waals surface area contributed by atoms with E-state index >= 15 is 0 Å². The van der Waals surface area contributed by atoms with E-state index in [4.69, 9.17) is 0 Å². The molecule has 1 rings (SSSR count). The van der Waals surface area contributed by atoms with Crippen LogP contribution in [0.25, 0.3) is 0 Å². The fourth-order valence-corrected chi connectivity index (χ4v) is 2.85. The van der Waals surface area contributed by atoms with Crippen molar-refractivity contribution in [3.63, 3.8) is 0 Å². The van der Waals surface area contributed by atoms with Crippen LogP contribution < -0.4 is 5.32 Å². The molecule has 0 aliphatic heterocycles. The predicted molar refractivity (Wildman–Crippen MR) is 71.8 cm³/mol. The lowest BCUT2D eigenvalue weighted by Gasteiger charge is -2.39. The quantitative estimate of drug-likeness (QED) is 0.775. The van der Waals surface area contributed by atoms with Crippen LogP contribution >= 0.6 is 0 Å². The molecule has 2 nitrogen and oxygen atoms in total. The highest BCUT2D eigenvalue weighted by atomic mass is 15.2. The molecule has 1 aliphatic rings. The normalized spacial score (nSPS) is 30.4. The van der Waals surface area contributed by atoms with E-state index in [-0.39, 0.29) is 0 Å². The highest BCUT2D eigenvalue weighted by Crippen LogP contribution is 2.25. The van der Waals surface area contributed by atoms with E-state index in [0.717, 1.165) is 24.0 Å². The van der Waals surface area contributed by atoms with Gasteiger partial charge in [0.05, 0.1) is 0 Å². The second kappa shape index (κ2) is 6.61. The molecule has 0 amide bonds. The summed E-state index contributed by atoms with van der Waals surface area (Å²) in [6.45, 7) is 7.06. The lowest BCUT2D eigenvalue weighted by atomic mass is 9.88. The first kappa shape index (κ1) is 14.0. The zero-order valence-electron chi connectivity index (χ0n) is 11.8. The van der Waals surface area contributed by atoms with Crippen LogP contribution in [0.5, 0.6) is 0 Å². The van der Waals surface area contributed by atoms with Crippen LogP contribution in [0.4, 0.5) is 0 Å². The monoisotopic (exact) mass is 226 g/mol. The largest absolute Gasteiger partial charge is 0.317 e. The highest BCUT2D eigenvalue weighted by molar-refractivity contribution is 4.84. The molecular formula is C14H30N2. The summed E-state index contributed by atoms with van der Waals surface area (Å²) in [5.41, 5.74) is 0. The van der Waals surface area contributed by atoms with Crippen molar-refractivity contribution in [2.24, 2.45) is 5.92 Å². The topological polar surface area (TPSA) is 15.3 Å². The van der Waals surface area contributed by atoms with Gasteiger partial charge in [0.2, 0.25) is 0 Å². The Morgan fingerprint density at radius 1 is 1.19 bits per heavy atom. The van der Waals surface area contributed by atoms with Crippen LogP contribution in [0.3, 0.4) is 0 Å². The number of nitrogens with one attached hydrogen (secondary N) is 1. The van der Waals surface area contributed by atoms with E-state index in [1.165, 1.54) is 32.1 Å². The van der Waals surface area contributed by atoms with Crippen molar-refractivity contribution >= 4 is 0 Å². The maximum Gasteiger partial charge on any atom is 0.00963 e. The summed E-state index contributed by atoms with van der Waals surface area (Å²) in [7, 11) is 4.41. The second-order valence-electron chi connectivity index (χ2n) is 5.59. The number of hydrogen-bond acceptors (Lipinski definition) is 2. The molecule has 0 bridgehead atoms. The van der Waals surface area contributed by atoms with E-state index < -0.39 is 0 Å². The van der Waals surface area contributed by atoms with Gasteiger partial charge in [0.25, 0.3) is 0 Å². The molecule has 96 valence electrons. The number of hydrogen-bond donors (Lipinski definition) is 1. The van der Waals surface area contributed by atoms with Gasteiger partial charge in [-0.2, -0.15) is 0 Å². The Kier molecular flexibility index (Phi) is 5.77. The summed E-state index contributed by atoms with van der Waals surface area (Å²) in [5.74, 6) is 0.812. The average molecular weight is 226 g/mol. The molecule has 1 saturated carbocycles. The molecule has 0 aromatic rings. The molecule has 2 unspecified atom stereocenters. The minimum atomic E-state index is 0.723. The van der Waals surface area contributed by atoms with Crippen LogP contribution in [-0.2, 0) is 0 Å². The Labute approximate surface area is 102 Å². The van der Waals surface area contributed by atoms with Gasteiger partial charge < -0.3 is 10.2 Å². The predicted octanol–water partition coefficient (Wildman–Crippen LogP) is 2.88. The highest BCUT2D eigenvalue weighted by Gasteiger charge is 2.27. The van der Waals surface area contributed by atoms with Gasteiger partial charge in [-0.05, 0) is 52.6 Å². The molecule has 0 aromatic heterocycles. The van der Waals surface area contributed by atoms with Crippen LogP contribution in [-0.4, -0.2) is 37.1 Å². The summed E-state index contributed by atoms with van der Waals surface area (Å²) < 4.78 is 0. The minimum Gasteiger partial charge on any atom is -0.317 e. The molecule has 0 heterocycles. The SMILES string of the molecule is CCC(C)C(C)N(C)C1CCC(NC)CC1. The van der Waals surface area contributed by atoms with Crippen molar-refractivity contribution in [1.82, 2.24) is 10.2 Å². The number of nitrogens with zero attached hydrogens (tertiary/aromatic N) is 1. The molecule has 0 saturated heterocycles. The third-order valence-electron chi connectivity index (χ3n) is 4.79. The molecule has 2 heteroatoms. The fourth-order valence-electron chi connectivity index (χ4n) is 2.85. The summed E-state index contributed by atoms with van der Waals surface area (Å²) in [6.07, 6.45) is 6.71. The lowest BCUT2D eigenvalue weighted by molar-refractivity contribution is 0.105. The van der Waals surface area contributed by atoms with E-state index in [0.29, 0.717) is 0 Å². The smallest absolute Gasteiger partial charge is 0.00963 e. The van der Waals surface area contributed by atoms with Crippen molar-refractivity contribution in [3.05, 3.63) is 0 Å². The van der Waals surface area contributed by atoms with Crippen LogP contribution in [0, 0.1) is 5.92 Å². The van der Waals surface area contributed by atoms with Gasteiger partial charge in [0.15, 0.2) is 0 Å². The van der Waals surface area contributed by atoms with Gasteiger partial charge >= 0.3 is 0 Å². The standard InChI is InChI=1S/C14H30N2/c1-6-11(2)12(3)16(5)14-9-7-13(15-4)8-10-14/h11-15H,6-10H2,1-5H3. The van der Waals surface area contributed by atoms with Crippen molar-refractivity contribution in [1.29, 1.82) is 0 Å². The Bertz CT molecular complexity index is 185. The average Bonchev–Trinajstić information content (AvgIpc) is 2.36. The third-order valence-corrected chi connectivity index (χ3v) is 4.79. The molecule has 0 radical (unpaired) electrons. The van der Waals surface area contributed by atoms with E-state index in [1.807, 2.05) is 0 Å². The maximum absolute atomic E-state index is 3.41. The molecule has 1 N–H and O–H groups in total. The molecule has 1 fully saturated rings. The Balaban J connectivity index is 2.40. The van der Waals surface area contributed by atoms with E-state index in [1.54, 1.807) is 0 Å². The minimum absolute atomic E-state index is 0.723. The molecule has 0 spiro atoms. The van der Waals surface area contributed by atoms with Gasteiger partial charge in [-0.3, -0.25) is 0 Å². The van der Waals surface area contributed by atoms with E-state index in [9.17, 15) is 0 Å². The molecule has 0 aromatic carbocycles. The zero-order chi connectivity index (χ0) is 12.1. The van der Waals surface area contributed by atoms with Crippen LogP contribution in [0.1, 0.15) is 52.9 Å². The van der Waals surface area contributed by atoms with Crippen molar-refractivity contribution in [3.8, 4) is 0 Å². The summed E-state index contributed by atoms with van der Waals surface area (Å²) in [4.78, 5) is 2.63. The fraction of sp³-hybridized carbons (Fsp3) is 1.00. The summed E-state index contributed by atoms with van der Waals surface area (Å²) in [6, 6.07) is 2.30. The molecule has 2 atom stereocenters. The van der Waals surface area contributed by atoms with Crippen molar-refractivity contribution in [2.75, 3.05) is 14.1 Å². The van der Waals surface area contributed by atoms with Crippen LogP contribution in [0.2, 0.25) is 0 Å². The summed E-state index contributed by atoms with van der Waals surface area (Å²) in [5, 5.41) is 3.41. The van der Waals surface area contributed by atoms with Gasteiger partial charge in [-0.25, -0.2) is 0 Å². The number of rotatable bonds is 5. The molecule has 1 aliphatic carbocycles. The summed E-state index contributed by atoms with van der Waals surface area (Å²) >= 11 is 0. The lowest BCUT2D eigenvalue weighted by Crippen LogP contribution is -2.45. The zero-order valence-corrected chi connectivity index (χ0v) is 11.8. The molecular weight excluding hydrogens is 196 g/mol. The Hall–Kier alpha value is -0.0800. The van der Waals surface area contributed by atoms with E-state index in [2.05, 4.69) is 45.1 Å². The maximum atomic E-state index is 3.41. The van der Waals surface area contributed by atoms with Gasteiger partial charge in [-0.15, -0.1) is 0 Å². The first-order chi connectivity index (χ1) is 7.60. The molecule has 16 heavy (non-hydrogen) atoms. The Morgan fingerprint density at radius 3 is 2.19 bits per heavy atom. The van der Waals surface area contributed by atoms with Gasteiger partial charge in [0.1, 0.15) is 0 Å². The third kappa shape index (κ3) is 3.46.